The second-order valence-corrected chi connectivity index (χ2v) is 25.8. The molecule has 4 heterocycles. The highest BCUT2D eigenvalue weighted by Gasteiger charge is 2.55. The predicted octanol–water partition coefficient (Wildman–Crippen LogP) is 7.27. The number of aromatic hydroxyl groups is 24. The highest BCUT2D eigenvalue weighted by molar-refractivity contribution is 5.92. The Hall–Kier alpha value is -14.5. The molecule has 108 heavy (non-hydrogen) atoms. The normalized spacial score (nSPS) is 21.1. The van der Waals surface area contributed by atoms with Crippen LogP contribution in [-0.2, 0) is 15.9 Å². The van der Waals surface area contributed by atoms with Crippen LogP contribution in [0.2, 0.25) is 0 Å². The highest BCUT2D eigenvalue weighted by Crippen LogP contribution is 2.66. The van der Waals surface area contributed by atoms with E-state index in [1.165, 1.54) is 6.07 Å². The van der Waals surface area contributed by atoms with E-state index in [-0.39, 0.29) is 5.56 Å². The smallest absolute Gasteiger partial charge is 0.338 e. The summed E-state index contributed by atoms with van der Waals surface area (Å²) in [7, 11) is 0. The van der Waals surface area contributed by atoms with E-state index in [1.807, 2.05) is 0 Å². The zero-order chi connectivity index (χ0) is 77.6. The Morgan fingerprint density at radius 3 is 1.09 bits per heavy atom. The van der Waals surface area contributed by atoms with Gasteiger partial charge in [0, 0.05) is 92.4 Å². The minimum atomic E-state index is -2.48. The number of phenolic OH excluding ortho intramolecular Hbond substituents is 24. The maximum absolute atomic E-state index is 15.1. The van der Waals surface area contributed by atoms with Crippen molar-refractivity contribution in [2.75, 3.05) is 0 Å². The molecule has 34 heteroatoms. The van der Waals surface area contributed by atoms with Gasteiger partial charge in [-0.3, -0.25) is 0 Å². The van der Waals surface area contributed by atoms with Gasteiger partial charge in [0.05, 0.1) is 28.9 Å². The Kier molecular flexibility index (Phi) is 16.8. The Morgan fingerprint density at radius 2 is 0.639 bits per heavy atom. The van der Waals surface area contributed by atoms with Crippen LogP contribution in [0.15, 0.2) is 115 Å². The van der Waals surface area contributed by atoms with Crippen LogP contribution in [-0.4, -0.2) is 169 Å². The second kappa shape index (κ2) is 25.7. The predicted molar refractivity (Wildman–Crippen MR) is 358 cm³/mol. The first-order valence-electron chi connectivity index (χ1n) is 31.9. The third-order valence-electron chi connectivity index (χ3n) is 19.2. The first-order chi connectivity index (χ1) is 51.1. The molecule has 26 N–H and O–H groups in total. The molecule has 0 fully saturated rings. The van der Waals surface area contributed by atoms with Gasteiger partial charge in [-0.2, -0.15) is 0 Å². The molecule has 0 saturated carbocycles. The molecule has 3 unspecified atom stereocenters. The second-order valence-electron chi connectivity index (χ2n) is 25.8. The number of carbonyl (C=O) groups excluding carboxylic acids is 2. The van der Waals surface area contributed by atoms with Crippen LogP contribution >= 0.6 is 0 Å². The molecule has 14 rings (SSSR count). The molecule has 0 amide bonds. The summed E-state index contributed by atoms with van der Waals surface area (Å²) in [6.07, 6.45) is -17.9. The zero-order valence-electron chi connectivity index (χ0n) is 54.4. The van der Waals surface area contributed by atoms with Gasteiger partial charge in [0.2, 0.25) is 0 Å². The van der Waals surface area contributed by atoms with Crippen LogP contribution in [0.4, 0.5) is 0 Å². The molecule has 11 atom stereocenters. The number of benzene rings is 10. The lowest BCUT2D eigenvalue weighted by Crippen LogP contribution is -2.41. The zero-order valence-corrected chi connectivity index (χ0v) is 54.4. The summed E-state index contributed by atoms with van der Waals surface area (Å²) < 4.78 is 38.5. The fourth-order valence-corrected chi connectivity index (χ4v) is 14.3. The van der Waals surface area contributed by atoms with Crippen molar-refractivity contribution in [3.8, 4) is 161 Å². The molecular weight excluding hydrogens is 1430 g/mol. The topological polar surface area (TPSA) is 616 Å². The molecule has 0 saturated heterocycles. The third-order valence-corrected chi connectivity index (χ3v) is 19.2. The number of esters is 2. The lowest BCUT2D eigenvalue weighted by atomic mass is 9.72. The summed E-state index contributed by atoms with van der Waals surface area (Å²) >= 11 is 0. The quantitative estimate of drug-likeness (QED) is 0.0447. The lowest BCUT2D eigenvalue weighted by Gasteiger charge is -2.45. The number of aliphatic hydroxyl groups excluding tert-OH is 2. The molecule has 34 nitrogen and oxygen atoms in total. The van der Waals surface area contributed by atoms with Gasteiger partial charge >= 0.3 is 11.9 Å². The van der Waals surface area contributed by atoms with Gasteiger partial charge in [-0.1, -0.05) is 12.1 Å². The number of rotatable bonds is 11. The molecule has 0 aliphatic carbocycles. The van der Waals surface area contributed by atoms with Crippen molar-refractivity contribution in [3.05, 3.63) is 188 Å². The van der Waals surface area contributed by atoms with E-state index in [4.69, 9.17) is 28.4 Å². The van der Waals surface area contributed by atoms with Crippen molar-refractivity contribution in [1.29, 1.82) is 0 Å². The Bertz CT molecular complexity index is 5370. The van der Waals surface area contributed by atoms with Crippen LogP contribution < -0.4 is 18.9 Å². The number of hydrogen-bond donors (Lipinski definition) is 26. The minimum absolute atomic E-state index is 0.115. The minimum Gasteiger partial charge on any atom is -0.508 e. The number of aliphatic hydroxyl groups is 2. The van der Waals surface area contributed by atoms with Gasteiger partial charge in [-0.25, -0.2) is 9.59 Å². The fourth-order valence-electron chi connectivity index (χ4n) is 14.3. The first kappa shape index (κ1) is 70.5. The molecule has 0 aromatic heterocycles. The summed E-state index contributed by atoms with van der Waals surface area (Å²) in [5.74, 6) is -37.0. The maximum Gasteiger partial charge on any atom is 0.338 e. The van der Waals surface area contributed by atoms with E-state index < -0.39 is 313 Å². The number of phenols is 24. The molecule has 4 aliphatic heterocycles. The number of carbonyl (C=O) groups is 2. The van der Waals surface area contributed by atoms with Crippen LogP contribution in [0.1, 0.15) is 124 Å². The Labute approximate surface area is 602 Å². The van der Waals surface area contributed by atoms with Gasteiger partial charge in [0.15, 0.2) is 123 Å². The summed E-state index contributed by atoms with van der Waals surface area (Å²) in [5.41, 5.74) is -7.80. The van der Waals surface area contributed by atoms with E-state index in [0.717, 1.165) is 66.7 Å². The average Bonchev–Trinajstić information content (AvgIpc) is 0.711. The third kappa shape index (κ3) is 11.5. The van der Waals surface area contributed by atoms with Crippen molar-refractivity contribution in [3.63, 3.8) is 0 Å². The molecule has 10 aromatic carbocycles. The van der Waals surface area contributed by atoms with E-state index in [2.05, 4.69) is 0 Å². The summed E-state index contributed by atoms with van der Waals surface area (Å²) in [4.78, 5) is 29.2. The monoisotopic (exact) mass is 1490 g/mol. The van der Waals surface area contributed by atoms with Gasteiger partial charge in [0.1, 0.15) is 87.3 Å². The van der Waals surface area contributed by atoms with Crippen molar-refractivity contribution in [1.82, 2.24) is 0 Å². The van der Waals surface area contributed by atoms with Gasteiger partial charge < -0.3 is 161 Å². The SMILES string of the molecule is O=C(O[C@@H]1C(c2c(O)cc(O)c3c2O[C@H](c2cc(O)c(O)c(O)c2)[C@H](OC(=O)c2cc(O)c(O)c(O)c2)C3)c2c(O)cc(O)c(C3c4c(O)cc(O)c(C5c6c(O)cc(O)cc6O[C@H](c6ccc(O)c(O)c6)[C@@H]5O)c4O[C@H](c4cc(O)c(O)c(O)c4)[C@@H]3O)c2O[C@@H]1c1ccc(O)c(O)c1)c1cc(O)c(O)c(O)c1. The van der Waals surface area contributed by atoms with Crippen molar-refractivity contribution in [2.45, 2.75) is 73.0 Å². The Balaban J connectivity index is 1.06. The van der Waals surface area contributed by atoms with E-state index in [0.29, 0.717) is 42.5 Å². The van der Waals surface area contributed by atoms with Crippen LogP contribution in [0.3, 0.4) is 0 Å². The summed E-state index contributed by atoms with van der Waals surface area (Å²) in [6.45, 7) is 0. The first-order valence-corrected chi connectivity index (χ1v) is 31.9. The molecule has 10 aromatic rings. The lowest BCUT2D eigenvalue weighted by molar-refractivity contribution is -0.0318. The Morgan fingerprint density at radius 1 is 0.296 bits per heavy atom. The van der Waals surface area contributed by atoms with Gasteiger partial charge in [0.25, 0.3) is 0 Å². The van der Waals surface area contributed by atoms with Gasteiger partial charge in [-0.05, 0) is 78.4 Å². The highest BCUT2D eigenvalue weighted by atomic mass is 16.6. The molecule has 0 bridgehead atoms. The van der Waals surface area contributed by atoms with E-state index in [9.17, 15) is 138 Å². The van der Waals surface area contributed by atoms with Crippen LogP contribution in [0.25, 0.3) is 0 Å². The fraction of sp³-hybridized carbons (Fsp3) is 0.162. The number of hydrogen-bond acceptors (Lipinski definition) is 34. The molecule has 4 aliphatic rings. The maximum atomic E-state index is 15.1. The number of fused-ring (bicyclic) bond motifs is 4. The molecular formula is C74H58O34. The van der Waals surface area contributed by atoms with Crippen LogP contribution in [0, 0.1) is 0 Å². The van der Waals surface area contributed by atoms with Crippen molar-refractivity contribution < 1.29 is 171 Å². The number of ether oxygens (including phenoxy) is 6. The van der Waals surface area contributed by atoms with Crippen LogP contribution in [0.5, 0.6) is 161 Å². The van der Waals surface area contributed by atoms with E-state index in [1.54, 1.807) is 0 Å². The molecule has 0 radical (unpaired) electrons. The molecule has 558 valence electrons. The van der Waals surface area contributed by atoms with Crippen molar-refractivity contribution >= 4 is 11.9 Å². The van der Waals surface area contributed by atoms with Crippen molar-refractivity contribution in [2.24, 2.45) is 0 Å². The van der Waals surface area contributed by atoms with Gasteiger partial charge in [-0.15, -0.1) is 0 Å². The molecule has 0 spiro atoms. The summed E-state index contributed by atoms with van der Waals surface area (Å²) in [6, 6.07) is 15.1. The summed E-state index contributed by atoms with van der Waals surface area (Å²) in [5, 5.41) is 297. The van der Waals surface area contributed by atoms with E-state index >= 15 is 4.79 Å². The largest absolute Gasteiger partial charge is 0.508 e. The standard InChI is InChI=1S/C74H58O34/c75-27-15-34(81)50-48(16-27)103-66(21-1-3-29(76)32(79)5-21)63(99)56(50)51-36(83)19-37(84)52-57(64(100)67(106-70(51)52)24-9-42(89)60(96)43(90)10-24)53-38(85)20-39(86)55-58(72(108-74(102)26-13-46(93)62(98)47(94)14-26)68(107-71(53)55)22-2-4-30(77)33(80)6-22)54-35(82)18-31(78)28-17-49(104-73(101)25-11-44(91)61(97)45(92)12-25)65(105-69(28)54)23-7-40(87)59(95)41(88)8-23/h1-16,18-20,49,56-58,63-68,72,75-100H,17H2/t49-,56?,57?,58?,63-,64-,65-,66-,67-,68-,72-/m1/s1. The average molecular weight is 1490 g/mol.